The first kappa shape index (κ1) is 39.2. The number of hydrogen-bond donors (Lipinski definition) is 1. The fourth-order valence-electron chi connectivity index (χ4n) is 2.77. The van der Waals surface area contributed by atoms with Gasteiger partial charge in [-0.15, -0.1) is 0 Å². The van der Waals surface area contributed by atoms with Crippen molar-refractivity contribution >= 4 is 11.9 Å². The molecular formula is C17H9F21O4. The van der Waals surface area contributed by atoms with Crippen LogP contribution in [0.5, 0.6) is 0 Å². The number of carboxylic acids is 1. The van der Waals surface area contributed by atoms with Crippen LogP contribution >= 0.6 is 0 Å². The van der Waals surface area contributed by atoms with E-state index >= 15 is 0 Å². The highest BCUT2D eigenvalue weighted by Gasteiger charge is 2.98. The molecule has 0 spiro atoms. The smallest absolute Gasteiger partial charge is 0.460 e. The predicted molar refractivity (Wildman–Crippen MR) is 87.5 cm³/mol. The fourth-order valence-corrected chi connectivity index (χ4v) is 2.77. The van der Waals surface area contributed by atoms with Crippen molar-refractivity contribution in [1.82, 2.24) is 0 Å². The molecule has 0 amide bonds. The molecule has 42 heavy (non-hydrogen) atoms. The molecule has 0 radical (unpaired) electrons. The Kier molecular flexibility index (Phi) is 9.47. The van der Waals surface area contributed by atoms with Crippen molar-refractivity contribution in [3.8, 4) is 0 Å². The lowest BCUT2D eigenvalue weighted by atomic mass is 9.75. The molecule has 0 aromatic heterocycles. The average molecular weight is 676 g/mol. The molecule has 0 aromatic rings. The van der Waals surface area contributed by atoms with Gasteiger partial charge in [-0.2, -0.15) is 87.8 Å². The van der Waals surface area contributed by atoms with E-state index in [4.69, 9.17) is 5.11 Å². The van der Waals surface area contributed by atoms with Crippen LogP contribution in [0.1, 0.15) is 13.8 Å². The minimum atomic E-state index is -9.30. The second kappa shape index (κ2) is 10.1. The molecule has 0 saturated carbocycles. The molecule has 0 heterocycles. The third kappa shape index (κ3) is 5.16. The van der Waals surface area contributed by atoms with E-state index in [0.717, 1.165) is 0 Å². The van der Waals surface area contributed by atoms with Crippen LogP contribution in [0.2, 0.25) is 0 Å². The first-order valence-electron chi connectivity index (χ1n) is 9.42. The molecule has 1 unspecified atom stereocenters. The average Bonchev–Trinajstić information content (AvgIpc) is 2.74. The Bertz CT molecular complexity index is 1070. The molecule has 0 aromatic carbocycles. The zero-order valence-electron chi connectivity index (χ0n) is 19.3. The Morgan fingerprint density at radius 1 is 0.476 bits per heavy atom. The number of carboxylic acid groups (broad SMARTS) is 1. The molecule has 0 rings (SSSR count). The van der Waals surface area contributed by atoms with Crippen molar-refractivity contribution in [2.75, 3.05) is 0 Å². The lowest BCUT2D eigenvalue weighted by Crippen LogP contribution is -2.80. The standard InChI is InChI=1S/C17H9F21O4/c1-7(2,42-6(41)4-3-5(39)40)8(18,16(33,34)35)9(19,20)10(21,22)11(23,24)12(25,26)13(27,28)14(29,30)15(31,32)17(36,37)38/h3-4H,1-2H3,(H,39,40)/b4-3+. The van der Waals surface area contributed by atoms with Crippen LogP contribution in [0.4, 0.5) is 92.2 Å². The molecule has 0 aliphatic carbocycles. The lowest BCUT2D eigenvalue weighted by molar-refractivity contribution is -0.475. The first-order chi connectivity index (χ1) is 17.8. The molecule has 248 valence electrons. The van der Waals surface area contributed by atoms with Gasteiger partial charge in [0.15, 0.2) is 5.60 Å². The van der Waals surface area contributed by atoms with Crippen molar-refractivity contribution in [3.63, 3.8) is 0 Å². The molecular weight excluding hydrogens is 667 g/mol. The number of aliphatic carboxylic acids is 1. The molecule has 25 heteroatoms. The zero-order chi connectivity index (χ0) is 34.8. The van der Waals surface area contributed by atoms with E-state index in [0.29, 0.717) is 0 Å². The molecule has 1 N–H and O–H groups in total. The summed E-state index contributed by atoms with van der Waals surface area (Å²) in [5.41, 5.74) is -12.8. The van der Waals surface area contributed by atoms with Crippen molar-refractivity contribution in [3.05, 3.63) is 12.2 Å². The van der Waals surface area contributed by atoms with Gasteiger partial charge in [0.05, 0.1) is 0 Å². The van der Waals surface area contributed by atoms with Gasteiger partial charge >= 0.3 is 71.4 Å². The number of ether oxygens (including phenoxy) is 1. The van der Waals surface area contributed by atoms with E-state index in [-0.39, 0.29) is 0 Å². The normalized spacial score (nSPS) is 17.3. The Morgan fingerprint density at radius 3 is 1.02 bits per heavy atom. The van der Waals surface area contributed by atoms with Crippen LogP contribution in [0.15, 0.2) is 12.2 Å². The minimum Gasteiger partial charge on any atom is -0.478 e. The number of hydrogen-bond acceptors (Lipinski definition) is 3. The van der Waals surface area contributed by atoms with Crippen molar-refractivity contribution < 1.29 is 112 Å². The Morgan fingerprint density at radius 2 is 0.762 bits per heavy atom. The summed E-state index contributed by atoms with van der Waals surface area (Å²) in [7, 11) is 0. The van der Waals surface area contributed by atoms with Crippen LogP contribution in [-0.2, 0) is 14.3 Å². The van der Waals surface area contributed by atoms with Gasteiger partial charge in [-0.3, -0.25) is 0 Å². The van der Waals surface area contributed by atoms with Gasteiger partial charge in [-0.1, -0.05) is 0 Å². The molecule has 4 nitrogen and oxygen atoms in total. The largest absolute Gasteiger partial charge is 0.478 e. The highest BCUT2D eigenvalue weighted by molar-refractivity contribution is 5.90. The molecule has 0 aliphatic rings. The maximum atomic E-state index is 14.9. The van der Waals surface area contributed by atoms with Gasteiger partial charge in [0.1, 0.15) is 0 Å². The van der Waals surface area contributed by atoms with Crippen molar-refractivity contribution in [1.29, 1.82) is 0 Å². The molecule has 0 fully saturated rings. The van der Waals surface area contributed by atoms with Gasteiger partial charge in [0.2, 0.25) is 0 Å². The van der Waals surface area contributed by atoms with E-state index in [9.17, 15) is 102 Å². The lowest BCUT2D eigenvalue weighted by Gasteiger charge is -2.49. The number of alkyl halides is 21. The number of carbonyl (C=O) groups excluding carboxylic acids is 1. The third-order valence-electron chi connectivity index (χ3n) is 5.09. The first-order valence-corrected chi connectivity index (χ1v) is 9.42. The third-order valence-corrected chi connectivity index (χ3v) is 5.09. The van der Waals surface area contributed by atoms with Crippen LogP contribution in [0.25, 0.3) is 0 Å². The van der Waals surface area contributed by atoms with E-state index < -0.39 is 103 Å². The molecule has 1 atom stereocenters. The van der Waals surface area contributed by atoms with Crippen LogP contribution < -0.4 is 0 Å². The van der Waals surface area contributed by atoms with Gasteiger partial charge < -0.3 is 9.84 Å². The second-order valence-electron chi connectivity index (χ2n) is 8.28. The summed E-state index contributed by atoms with van der Waals surface area (Å²) < 4.78 is 286. The molecule has 0 aliphatic heterocycles. The second-order valence-corrected chi connectivity index (χ2v) is 8.28. The topological polar surface area (TPSA) is 63.6 Å². The van der Waals surface area contributed by atoms with E-state index in [1.165, 1.54) is 0 Å². The van der Waals surface area contributed by atoms with Gasteiger partial charge in [0, 0.05) is 12.2 Å². The van der Waals surface area contributed by atoms with Crippen LogP contribution in [-0.4, -0.2) is 82.1 Å². The van der Waals surface area contributed by atoms with Gasteiger partial charge in [0.25, 0.3) is 0 Å². The summed E-state index contributed by atoms with van der Waals surface area (Å²) in [6.07, 6.45) is -16.9. The monoisotopic (exact) mass is 676 g/mol. The summed E-state index contributed by atoms with van der Waals surface area (Å²) in [5.74, 6) is -68.0. The van der Waals surface area contributed by atoms with E-state index in [1.54, 1.807) is 0 Å². The quantitative estimate of drug-likeness (QED) is 0.143. The zero-order valence-corrected chi connectivity index (χ0v) is 19.3. The summed E-state index contributed by atoms with van der Waals surface area (Å²) in [4.78, 5) is 21.6. The highest BCUT2D eigenvalue weighted by Crippen LogP contribution is 2.67. The van der Waals surface area contributed by atoms with E-state index in [2.05, 4.69) is 4.74 Å². The van der Waals surface area contributed by atoms with Gasteiger partial charge in [-0.05, 0) is 13.8 Å². The fraction of sp³-hybridized carbons (Fsp3) is 0.765. The number of esters is 1. The van der Waals surface area contributed by atoms with Crippen molar-refractivity contribution in [2.24, 2.45) is 0 Å². The number of carbonyl (C=O) groups is 2. The maximum Gasteiger partial charge on any atom is 0.460 e. The summed E-state index contributed by atoms with van der Waals surface area (Å²) >= 11 is 0. The van der Waals surface area contributed by atoms with Crippen molar-refractivity contribution in [2.45, 2.75) is 78.9 Å². The molecule has 0 saturated heterocycles. The Labute approximate surface area is 216 Å². The Balaban J connectivity index is 7.46. The molecule has 0 bridgehead atoms. The van der Waals surface area contributed by atoms with Gasteiger partial charge in [-0.25, -0.2) is 14.0 Å². The van der Waals surface area contributed by atoms with Crippen LogP contribution in [0.3, 0.4) is 0 Å². The van der Waals surface area contributed by atoms with E-state index in [1.807, 2.05) is 0 Å². The maximum absolute atomic E-state index is 14.9. The highest BCUT2D eigenvalue weighted by atomic mass is 19.4. The van der Waals surface area contributed by atoms with Crippen LogP contribution in [0, 0.1) is 0 Å². The predicted octanol–water partition coefficient (Wildman–Crippen LogP) is 7.23. The summed E-state index contributed by atoms with van der Waals surface area (Å²) in [6, 6.07) is 0. The summed E-state index contributed by atoms with van der Waals surface area (Å²) in [5, 5.41) is 8.22. The summed E-state index contributed by atoms with van der Waals surface area (Å²) in [6.45, 7) is -1.69. The number of halogens is 21. The number of rotatable bonds is 11. The SMILES string of the molecule is CC(C)(OC(=O)/C=C/C(=O)O)C(F)(C(F)(F)F)C(F)(F)C(F)(F)C(F)(F)C(F)(F)C(F)(F)C(F)(F)C(F)(F)C(F)(F)F. The Hall–Kier alpha value is -2.79. The minimum absolute atomic E-state index is 0.410.